The largest absolute Gasteiger partial charge is 0.368 e. The number of ketones is 1. The summed E-state index contributed by atoms with van der Waals surface area (Å²) >= 11 is 0. The molecule has 1 saturated carbocycles. The van der Waals surface area contributed by atoms with Gasteiger partial charge in [0.25, 0.3) is 0 Å². The summed E-state index contributed by atoms with van der Waals surface area (Å²) in [5.41, 5.74) is 0. The van der Waals surface area contributed by atoms with E-state index >= 15 is 0 Å². The van der Waals surface area contributed by atoms with E-state index < -0.39 is 6.29 Å². The molecule has 0 saturated heterocycles. The Morgan fingerprint density at radius 2 is 2.25 bits per heavy atom. The molecule has 3 nitrogen and oxygen atoms in total. The molecule has 0 aliphatic heterocycles. The normalized spacial score (nSPS) is 26.9. The lowest BCUT2D eigenvalue weighted by molar-refractivity contribution is -0.127. The molecule has 1 aliphatic carbocycles. The first-order valence-electron chi connectivity index (χ1n) is 6.42. The fourth-order valence-corrected chi connectivity index (χ4v) is 2.75. The molecule has 0 radical (unpaired) electrons. The minimum absolute atomic E-state index is 0.254. The molecule has 0 amide bonds. The fourth-order valence-electron chi connectivity index (χ4n) is 2.75. The smallest absolute Gasteiger partial charge is 0.154 e. The monoisotopic (exact) mass is 228 g/mol. The summed E-state index contributed by atoms with van der Waals surface area (Å²) < 4.78 is 4.74. The van der Waals surface area contributed by atoms with Gasteiger partial charge in [0.15, 0.2) is 6.29 Å². The standard InChI is InChI=1S/C13H24O3/c1-3-5-10-6-4-7-11(10)12(14)8-9-13(15)16-2/h10-11,13,15H,3-9H2,1-2H3. The minimum Gasteiger partial charge on any atom is -0.368 e. The predicted molar refractivity (Wildman–Crippen MR) is 63.0 cm³/mol. The molecule has 94 valence electrons. The second kappa shape index (κ2) is 7.02. The average Bonchev–Trinajstić information content (AvgIpc) is 2.74. The summed E-state index contributed by atoms with van der Waals surface area (Å²) in [6, 6.07) is 0. The van der Waals surface area contributed by atoms with Gasteiger partial charge in [-0.05, 0) is 18.8 Å². The van der Waals surface area contributed by atoms with Gasteiger partial charge in [-0.2, -0.15) is 0 Å². The first-order chi connectivity index (χ1) is 7.69. The molecule has 0 spiro atoms. The van der Waals surface area contributed by atoms with Gasteiger partial charge in [0.1, 0.15) is 5.78 Å². The lowest BCUT2D eigenvalue weighted by atomic mass is 9.87. The van der Waals surface area contributed by atoms with Gasteiger partial charge < -0.3 is 9.84 Å². The number of aliphatic hydroxyl groups is 1. The molecule has 1 fully saturated rings. The molecule has 1 N–H and O–H groups in total. The first kappa shape index (κ1) is 13.7. The van der Waals surface area contributed by atoms with Crippen LogP contribution < -0.4 is 0 Å². The zero-order valence-corrected chi connectivity index (χ0v) is 10.4. The molecule has 0 aromatic rings. The number of Topliss-reactive ketones (excluding diaryl/α,β-unsaturated/α-hetero) is 1. The van der Waals surface area contributed by atoms with Crippen molar-refractivity contribution in [3.8, 4) is 0 Å². The molecule has 3 heteroatoms. The summed E-state index contributed by atoms with van der Waals surface area (Å²) in [6.07, 6.45) is 5.88. The summed E-state index contributed by atoms with van der Waals surface area (Å²) in [6.45, 7) is 2.18. The molecule has 0 aromatic heterocycles. The van der Waals surface area contributed by atoms with E-state index in [1.165, 1.54) is 26.4 Å². The maximum Gasteiger partial charge on any atom is 0.154 e. The second-order valence-electron chi connectivity index (χ2n) is 4.78. The van der Waals surface area contributed by atoms with Crippen LogP contribution >= 0.6 is 0 Å². The van der Waals surface area contributed by atoms with Gasteiger partial charge >= 0.3 is 0 Å². The van der Waals surface area contributed by atoms with Crippen LogP contribution in [0.5, 0.6) is 0 Å². The summed E-state index contributed by atoms with van der Waals surface area (Å²) in [5.74, 6) is 1.17. The van der Waals surface area contributed by atoms with Crippen molar-refractivity contribution in [2.45, 2.75) is 58.2 Å². The van der Waals surface area contributed by atoms with Crippen LogP contribution in [-0.2, 0) is 9.53 Å². The molecule has 0 heterocycles. The Hall–Kier alpha value is -0.410. The highest BCUT2D eigenvalue weighted by molar-refractivity contribution is 5.81. The maximum atomic E-state index is 12.0. The summed E-state index contributed by atoms with van der Waals surface area (Å²) in [4.78, 5) is 12.0. The number of carbonyl (C=O) groups excluding carboxylic acids is 1. The number of rotatable bonds is 7. The van der Waals surface area contributed by atoms with Crippen LogP contribution in [0.15, 0.2) is 0 Å². The minimum atomic E-state index is -0.782. The molecular formula is C13H24O3. The van der Waals surface area contributed by atoms with Gasteiger partial charge in [0.05, 0.1) is 0 Å². The van der Waals surface area contributed by atoms with Gasteiger partial charge in [-0.3, -0.25) is 4.79 Å². The number of methoxy groups -OCH3 is 1. The Labute approximate surface area is 98.2 Å². The third-order valence-corrected chi connectivity index (χ3v) is 3.64. The van der Waals surface area contributed by atoms with Crippen LogP contribution in [0.2, 0.25) is 0 Å². The van der Waals surface area contributed by atoms with Gasteiger partial charge in [-0.25, -0.2) is 0 Å². The van der Waals surface area contributed by atoms with Crippen molar-refractivity contribution < 1.29 is 14.6 Å². The van der Waals surface area contributed by atoms with Gasteiger partial charge in [-0.1, -0.05) is 26.2 Å². The van der Waals surface area contributed by atoms with Crippen LogP contribution in [0, 0.1) is 11.8 Å². The number of aliphatic hydroxyl groups excluding tert-OH is 1. The molecular weight excluding hydrogens is 204 g/mol. The zero-order chi connectivity index (χ0) is 12.0. The SMILES string of the molecule is CCCC1CCCC1C(=O)CCC(O)OC. The molecule has 1 rings (SSSR count). The van der Waals surface area contributed by atoms with E-state index in [1.54, 1.807) is 0 Å². The van der Waals surface area contributed by atoms with E-state index in [-0.39, 0.29) is 5.92 Å². The van der Waals surface area contributed by atoms with E-state index in [1.807, 2.05) is 0 Å². The lowest BCUT2D eigenvalue weighted by Crippen LogP contribution is -2.21. The van der Waals surface area contributed by atoms with Gasteiger partial charge in [-0.15, -0.1) is 0 Å². The molecule has 3 atom stereocenters. The van der Waals surface area contributed by atoms with E-state index in [4.69, 9.17) is 4.74 Å². The van der Waals surface area contributed by atoms with Crippen LogP contribution in [0.1, 0.15) is 51.9 Å². The molecule has 3 unspecified atom stereocenters. The second-order valence-corrected chi connectivity index (χ2v) is 4.78. The van der Waals surface area contributed by atoms with Crippen LogP contribution in [0.4, 0.5) is 0 Å². The van der Waals surface area contributed by atoms with E-state index in [0.29, 0.717) is 24.5 Å². The van der Waals surface area contributed by atoms with Gasteiger partial charge in [0, 0.05) is 25.9 Å². The molecule has 16 heavy (non-hydrogen) atoms. The molecule has 0 bridgehead atoms. The lowest BCUT2D eigenvalue weighted by Gasteiger charge is -2.18. The first-order valence-corrected chi connectivity index (χ1v) is 6.42. The van der Waals surface area contributed by atoms with Crippen molar-refractivity contribution in [3.63, 3.8) is 0 Å². The van der Waals surface area contributed by atoms with Crippen LogP contribution in [0.25, 0.3) is 0 Å². The van der Waals surface area contributed by atoms with E-state index in [0.717, 1.165) is 12.8 Å². The topological polar surface area (TPSA) is 46.5 Å². The number of carbonyl (C=O) groups is 1. The summed E-state index contributed by atoms with van der Waals surface area (Å²) in [5, 5.41) is 9.24. The van der Waals surface area contributed by atoms with Crippen molar-refractivity contribution in [1.82, 2.24) is 0 Å². The van der Waals surface area contributed by atoms with Crippen molar-refractivity contribution in [2.24, 2.45) is 11.8 Å². The summed E-state index contributed by atoms with van der Waals surface area (Å²) in [7, 11) is 1.46. The maximum absolute atomic E-state index is 12.0. The molecule has 1 aliphatic rings. The average molecular weight is 228 g/mol. The number of ether oxygens (including phenoxy) is 1. The van der Waals surface area contributed by atoms with Crippen molar-refractivity contribution in [3.05, 3.63) is 0 Å². The Balaban J connectivity index is 2.34. The quantitative estimate of drug-likeness (QED) is 0.681. The molecule has 0 aromatic carbocycles. The number of hydrogen-bond acceptors (Lipinski definition) is 3. The van der Waals surface area contributed by atoms with Gasteiger partial charge in [0.2, 0.25) is 0 Å². The Bertz CT molecular complexity index is 215. The zero-order valence-electron chi connectivity index (χ0n) is 10.4. The highest BCUT2D eigenvalue weighted by Crippen LogP contribution is 2.36. The highest BCUT2D eigenvalue weighted by Gasteiger charge is 2.31. The highest BCUT2D eigenvalue weighted by atomic mass is 16.6. The van der Waals surface area contributed by atoms with Crippen molar-refractivity contribution in [2.75, 3.05) is 7.11 Å². The predicted octanol–water partition coefficient (Wildman–Crippen LogP) is 2.52. The van der Waals surface area contributed by atoms with Crippen molar-refractivity contribution >= 4 is 5.78 Å². The Morgan fingerprint density at radius 3 is 2.88 bits per heavy atom. The van der Waals surface area contributed by atoms with Crippen LogP contribution in [-0.4, -0.2) is 24.3 Å². The van der Waals surface area contributed by atoms with E-state index in [9.17, 15) is 9.90 Å². The third kappa shape index (κ3) is 3.87. The van der Waals surface area contributed by atoms with Crippen molar-refractivity contribution in [1.29, 1.82) is 0 Å². The third-order valence-electron chi connectivity index (χ3n) is 3.64. The van der Waals surface area contributed by atoms with Crippen LogP contribution in [0.3, 0.4) is 0 Å². The Morgan fingerprint density at radius 1 is 1.50 bits per heavy atom. The Kier molecular flexibility index (Phi) is 5.99. The van der Waals surface area contributed by atoms with E-state index in [2.05, 4.69) is 6.92 Å². The fraction of sp³-hybridized carbons (Fsp3) is 0.923. The number of hydrogen-bond donors (Lipinski definition) is 1.